The predicted molar refractivity (Wildman–Crippen MR) is 433 cm³/mol. The molecule has 8 aromatic carbocycles. The number of aliphatic hydroxyl groups is 2. The molecule has 0 saturated heterocycles. The quantitative estimate of drug-likeness (QED) is 0.0429. The van der Waals surface area contributed by atoms with Crippen LogP contribution in [-0.4, -0.2) is 61.7 Å². The van der Waals surface area contributed by atoms with E-state index >= 15 is 0 Å². The molecule has 0 fully saturated rings. The maximum absolute atomic E-state index is 11.2. The number of hydrogen-bond donors (Lipinski definition) is 2. The number of carbonyl (C=O) groups is 2. The third kappa shape index (κ3) is 20.8. The second-order valence-corrected chi connectivity index (χ2v) is 29.2. The monoisotopic (exact) mass is 1880 g/mol. The van der Waals surface area contributed by atoms with Gasteiger partial charge < -0.3 is 49.3 Å². The van der Waals surface area contributed by atoms with Crippen LogP contribution in [0.25, 0.3) is 135 Å². The minimum Gasteiger partial charge on any atom is -0.512 e. The molecule has 19 heteroatoms. The molecule has 0 amide bonds. The van der Waals surface area contributed by atoms with Gasteiger partial charge in [0, 0.05) is 134 Å². The topological polar surface area (TPSA) is 214 Å². The fourth-order valence-corrected chi connectivity index (χ4v) is 13.1. The molecule has 2 aliphatic heterocycles. The number of nitrogens with zero attached hydrogens (tertiary/aromatic N) is 12. The number of aryl methyl sites for hydroxylation is 6. The van der Waals surface area contributed by atoms with E-state index in [4.69, 9.17) is 45.0 Å². The normalized spacial score (nSPS) is 11.4. The van der Waals surface area contributed by atoms with E-state index in [0.717, 1.165) is 100 Å². The van der Waals surface area contributed by atoms with Gasteiger partial charge in [-0.2, -0.15) is 4.98 Å². The average molecular weight is 1880 g/mol. The maximum Gasteiger partial charge on any atom is 2.00 e. The number of aliphatic hydroxyl groups excluding tert-OH is 2. The van der Waals surface area contributed by atoms with Crippen LogP contribution in [0.4, 0.5) is 0 Å². The van der Waals surface area contributed by atoms with E-state index in [0.29, 0.717) is 70.6 Å². The largest absolute Gasteiger partial charge is 2.00 e. The summed E-state index contributed by atoms with van der Waals surface area (Å²) < 4.78 is 3.52. The minimum absolute atomic E-state index is 0. The Balaban J connectivity index is 0.000000196. The molecule has 5 aromatic heterocycles. The number of allylic oxidation sites excluding steroid dienone is 4. The zero-order valence-corrected chi connectivity index (χ0v) is 70.8. The Bertz CT molecular complexity index is 5410. The molecule has 111 heavy (non-hydrogen) atoms. The van der Waals surface area contributed by atoms with Gasteiger partial charge in [-0.25, -0.2) is 4.98 Å². The van der Waals surface area contributed by atoms with Gasteiger partial charge in [0.15, 0.2) is 23.0 Å². The van der Waals surface area contributed by atoms with Crippen LogP contribution in [0.5, 0.6) is 0 Å². The number of rotatable bonds is 10. The van der Waals surface area contributed by atoms with Crippen molar-refractivity contribution in [3.05, 3.63) is 277 Å². The Hall–Kier alpha value is -10.7. The van der Waals surface area contributed by atoms with Crippen LogP contribution in [0.15, 0.2) is 212 Å². The van der Waals surface area contributed by atoms with Crippen LogP contribution < -0.4 is 19.1 Å². The zero-order chi connectivity index (χ0) is 77.3. The molecule has 8 bridgehead atoms. The summed E-state index contributed by atoms with van der Waals surface area (Å²) in [4.78, 5) is 70.1. The molecule has 0 aliphatic carbocycles. The number of fused-ring (bicyclic) bond motifs is 20. The van der Waals surface area contributed by atoms with Gasteiger partial charge in [-0.05, 0) is 114 Å². The second-order valence-electron chi connectivity index (χ2n) is 29.2. The summed E-state index contributed by atoms with van der Waals surface area (Å²) in [5.41, 5.74) is 22.1. The summed E-state index contributed by atoms with van der Waals surface area (Å²) >= 11 is 0. The molecule has 573 valence electrons. The molecule has 0 saturated carbocycles. The Morgan fingerprint density at radius 3 is 1.37 bits per heavy atom. The minimum atomic E-state index is -0.125. The van der Waals surface area contributed by atoms with E-state index in [1.54, 1.807) is 15.5 Å². The van der Waals surface area contributed by atoms with Gasteiger partial charge in [0.25, 0.3) is 0 Å². The molecule has 16 nitrogen and oxygen atoms in total. The van der Waals surface area contributed by atoms with E-state index in [1.807, 2.05) is 161 Å². The van der Waals surface area contributed by atoms with Crippen LogP contribution in [0.3, 0.4) is 0 Å². The summed E-state index contributed by atoms with van der Waals surface area (Å²) in [6.45, 7) is 30.0. The van der Waals surface area contributed by atoms with Crippen LogP contribution in [0, 0.1) is 79.6 Å². The molecule has 0 atom stereocenters. The molecule has 0 spiro atoms. The van der Waals surface area contributed by atoms with Crippen LogP contribution in [0.2, 0.25) is 0 Å². The van der Waals surface area contributed by atoms with Crippen molar-refractivity contribution in [2.24, 2.45) is 11.8 Å². The summed E-state index contributed by atoms with van der Waals surface area (Å²) in [5.74, 6) is 3.53. The summed E-state index contributed by atoms with van der Waals surface area (Å²) in [5, 5.41) is 21.3. The number of ketones is 2. The number of aromatic nitrogens is 12. The molecule has 7 heterocycles. The second kappa shape index (κ2) is 37.8. The maximum atomic E-state index is 11.2. The fourth-order valence-electron chi connectivity index (χ4n) is 13.1. The molecule has 0 unspecified atom stereocenters. The van der Waals surface area contributed by atoms with Crippen molar-refractivity contribution in [2.45, 2.75) is 122 Å². The smallest absolute Gasteiger partial charge is 0.512 e. The summed E-state index contributed by atoms with van der Waals surface area (Å²) in [6.07, 6.45) is 7.16. The average Bonchev–Trinajstić information content (AvgIpc) is 1.60. The van der Waals surface area contributed by atoms with E-state index in [1.165, 1.54) is 53.8 Å². The molecule has 2 N–H and O–H groups in total. The third-order valence-electron chi connectivity index (χ3n) is 17.7. The Kier molecular flexibility index (Phi) is 29.2. The van der Waals surface area contributed by atoms with Gasteiger partial charge in [0.2, 0.25) is 0 Å². The summed E-state index contributed by atoms with van der Waals surface area (Å²) in [7, 11) is 8.73. The van der Waals surface area contributed by atoms with Crippen molar-refractivity contribution in [3.8, 4) is 90.6 Å². The molecule has 15 rings (SSSR count). The van der Waals surface area contributed by atoms with Gasteiger partial charge in [-0.15, -0.1) is 70.8 Å². The third-order valence-corrected chi connectivity index (χ3v) is 17.7. The van der Waals surface area contributed by atoms with Gasteiger partial charge in [-0.1, -0.05) is 227 Å². The fraction of sp³-hybridized carbons (Fsp3) is 0.217. The first-order valence-electron chi connectivity index (χ1n) is 36.1. The first kappa shape index (κ1) is 85.9. The Labute approximate surface area is 688 Å². The molecule has 3 radical (unpaired) electrons. The number of carbonyl (C=O) groups excluding carboxylic acids is 2. The van der Waals surface area contributed by atoms with Gasteiger partial charge in [-0.3, -0.25) is 19.6 Å². The molecular formula is C92H90CuIr2N12O4-2. The van der Waals surface area contributed by atoms with E-state index in [9.17, 15) is 14.7 Å². The molecule has 13 aromatic rings. The first-order valence-corrected chi connectivity index (χ1v) is 36.1. The van der Waals surface area contributed by atoms with E-state index in [-0.39, 0.29) is 85.8 Å². The van der Waals surface area contributed by atoms with Crippen LogP contribution in [-0.2, 0) is 72.3 Å². The van der Waals surface area contributed by atoms with Crippen molar-refractivity contribution >= 4 is 55.7 Å². The molecular weight excluding hydrogens is 1790 g/mol. The summed E-state index contributed by atoms with van der Waals surface area (Å²) in [6, 6.07) is 65.8. The number of benzene rings is 8. The van der Waals surface area contributed by atoms with Gasteiger partial charge in [0.05, 0.1) is 22.9 Å². The number of hydrogen-bond acceptors (Lipinski definition) is 12. The predicted octanol–water partition coefficient (Wildman–Crippen LogP) is 19.7. The van der Waals surface area contributed by atoms with Crippen molar-refractivity contribution in [2.75, 3.05) is 0 Å². The Morgan fingerprint density at radius 2 is 0.964 bits per heavy atom. The van der Waals surface area contributed by atoms with Crippen molar-refractivity contribution in [3.63, 3.8) is 0 Å². The zero-order valence-electron chi connectivity index (χ0n) is 65.1. The van der Waals surface area contributed by atoms with E-state index in [2.05, 4.69) is 147 Å². The SMILES string of the molecule is CC(=O)C=C(C)O.CC(C)(C)c1cc(-c2[c-]cccc2)ncn1.CC(C)CC(=O)C=C(O)CC(C)C.Cc1[c-]c(-c2ncc(-c3c(C)cccc3C)nc2-c2cc(C)cc(C)c2)cc(C)c1.[CH2-][n+]1c2nc3[n-]c(nc4[n+]([CH2-])c(nc5[n-]c(nc1-c1ccccc1-2)c1ccccc51)-c1ccccc1-4)c1ccccc31.[Cu+2].[Ir].[Ir]. The van der Waals surface area contributed by atoms with Crippen molar-refractivity contribution in [1.29, 1.82) is 0 Å². The van der Waals surface area contributed by atoms with Crippen molar-refractivity contribution < 1.29 is 86.2 Å². The van der Waals surface area contributed by atoms with Crippen LogP contribution >= 0.6 is 0 Å². The molecule has 2 aliphatic rings. The van der Waals surface area contributed by atoms with Gasteiger partial charge >= 0.3 is 17.1 Å². The first-order chi connectivity index (χ1) is 51.6. The van der Waals surface area contributed by atoms with Crippen molar-refractivity contribution in [1.82, 2.24) is 49.8 Å². The Morgan fingerprint density at radius 1 is 0.514 bits per heavy atom. The van der Waals surface area contributed by atoms with Crippen LogP contribution in [0.1, 0.15) is 114 Å². The van der Waals surface area contributed by atoms with E-state index < -0.39 is 0 Å². The standard InChI is InChI=1S/C34H20N8.C28H27N2.C14H15N2.C11H20O2.C5H8O2.Cu.2Ir/c1-41-31-23-15-7-8-16-24(23)32(41)38-28-20-12-4-6-14-22(20)30(36-28)40-34-26-18-10-9-17-25(26)33(42(34)2)39-29-21-13-5-3-11-19(21)27(35-29)37-31;1-17-10-18(2)13-23(12-17)27-28(24-14-19(3)11-20(4)15-24)30-25(16-29-27)26-21(5)8-7-9-22(26)6;1-14(2,3)13-9-12(15-10-16-13)11-7-5-4-6-8-11;1-8(2)5-10(12)7-11(13)6-9(3)4;1-4(6)3-5(2)7;;;/h3-18H,1-2H2;7-12,14-16H,1-6H3;4-7,9-10H,1-3H3;7-9,12H,5-6H2,1-4H3;3,6H,1-2H3;;;/q-2;2*-1;;;+2;;. The van der Waals surface area contributed by atoms with Gasteiger partial charge in [0.1, 0.15) is 6.33 Å².